The molecule has 1 aliphatic rings. The number of hydrogen-bond acceptors (Lipinski definition) is 2. The summed E-state index contributed by atoms with van der Waals surface area (Å²) in [6.45, 7) is 5.69. The van der Waals surface area contributed by atoms with Crippen LogP contribution in [0.15, 0.2) is 12.1 Å². The van der Waals surface area contributed by atoms with E-state index in [2.05, 4.69) is 5.32 Å². The quantitative estimate of drug-likeness (QED) is 0.920. The average Bonchev–Trinajstić information content (AvgIpc) is 2.93. The van der Waals surface area contributed by atoms with Gasteiger partial charge in [0, 0.05) is 25.2 Å². The van der Waals surface area contributed by atoms with Gasteiger partial charge < -0.3 is 10.2 Å². The molecule has 110 valence electrons. The fraction of sp³-hybridized carbons (Fsp3) is 0.533. The van der Waals surface area contributed by atoms with Gasteiger partial charge in [0.1, 0.15) is 11.6 Å². The number of nitrogens with one attached hydrogen (secondary N) is 1. The van der Waals surface area contributed by atoms with Crippen molar-refractivity contribution in [3.63, 3.8) is 0 Å². The molecule has 0 bridgehead atoms. The Bertz CT molecular complexity index is 499. The van der Waals surface area contributed by atoms with Crippen LogP contribution < -0.4 is 5.32 Å². The summed E-state index contributed by atoms with van der Waals surface area (Å²) in [5.74, 6) is -1.75. The molecule has 0 spiro atoms. The minimum absolute atomic E-state index is 0.0377. The third kappa shape index (κ3) is 2.98. The van der Waals surface area contributed by atoms with Crippen molar-refractivity contribution >= 4 is 5.91 Å². The highest BCUT2D eigenvalue weighted by Gasteiger charge is 2.28. The Labute approximate surface area is 118 Å². The number of aryl methyl sites for hydroxylation is 1. The second kappa shape index (κ2) is 6.31. The Morgan fingerprint density at radius 3 is 2.75 bits per heavy atom. The summed E-state index contributed by atoms with van der Waals surface area (Å²) in [4.78, 5) is 14.2. The van der Waals surface area contributed by atoms with Crippen LogP contribution in [0.25, 0.3) is 0 Å². The Morgan fingerprint density at radius 2 is 2.15 bits per heavy atom. The summed E-state index contributed by atoms with van der Waals surface area (Å²) in [6.07, 6.45) is 1.68. The summed E-state index contributed by atoms with van der Waals surface area (Å²) < 4.78 is 27.2. The van der Waals surface area contributed by atoms with Gasteiger partial charge in [0.2, 0.25) is 0 Å². The van der Waals surface area contributed by atoms with Crippen LogP contribution in [-0.2, 0) is 0 Å². The molecule has 0 saturated carbocycles. The fourth-order valence-electron chi connectivity index (χ4n) is 2.57. The van der Waals surface area contributed by atoms with E-state index < -0.39 is 11.6 Å². The first-order chi connectivity index (χ1) is 9.54. The number of hydrogen-bond donors (Lipinski definition) is 1. The number of amides is 1. The van der Waals surface area contributed by atoms with Crippen LogP contribution in [0.5, 0.6) is 0 Å². The van der Waals surface area contributed by atoms with Gasteiger partial charge in [-0.2, -0.15) is 0 Å². The van der Waals surface area contributed by atoms with Crippen LogP contribution in [0.1, 0.15) is 35.7 Å². The molecule has 1 saturated heterocycles. The summed E-state index contributed by atoms with van der Waals surface area (Å²) in [7, 11) is 0. The zero-order valence-corrected chi connectivity index (χ0v) is 11.9. The molecule has 2 rings (SSSR count). The summed E-state index contributed by atoms with van der Waals surface area (Å²) in [6, 6.07) is 2.18. The lowest BCUT2D eigenvalue weighted by atomic mass is 10.1. The second-order valence-corrected chi connectivity index (χ2v) is 5.23. The zero-order valence-electron chi connectivity index (χ0n) is 11.9. The Kier molecular flexibility index (Phi) is 4.70. The lowest BCUT2D eigenvalue weighted by molar-refractivity contribution is 0.0687. The first kappa shape index (κ1) is 14.9. The number of carbonyl (C=O) groups is 1. The highest BCUT2D eigenvalue weighted by Crippen LogP contribution is 2.19. The minimum Gasteiger partial charge on any atom is -0.334 e. The molecule has 1 aliphatic heterocycles. The van der Waals surface area contributed by atoms with E-state index in [9.17, 15) is 13.6 Å². The Hall–Kier alpha value is -1.49. The van der Waals surface area contributed by atoms with E-state index in [1.807, 2.05) is 6.92 Å². The fourth-order valence-corrected chi connectivity index (χ4v) is 2.57. The number of nitrogens with zero attached hydrogens (tertiary/aromatic N) is 1. The normalized spacial score (nSPS) is 18.3. The van der Waals surface area contributed by atoms with E-state index in [-0.39, 0.29) is 23.1 Å². The van der Waals surface area contributed by atoms with Crippen molar-refractivity contribution in [3.8, 4) is 0 Å². The molecule has 0 aliphatic carbocycles. The molecular weight excluding hydrogens is 262 g/mol. The maximum Gasteiger partial charge on any atom is 0.257 e. The maximum atomic E-state index is 13.9. The van der Waals surface area contributed by atoms with Crippen LogP contribution in [0.4, 0.5) is 8.78 Å². The van der Waals surface area contributed by atoms with Crippen LogP contribution in [-0.4, -0.2) is 36.5 Å². The lowest BCUT2D eigenvalue weighted by Gasteiger charge is -2.28. The van der Waals surface area contributed by atoms with Gasteiger partial charge in [0.15, 0.2) is 0 Å². The first-order valence-electron chi connectivity index (χ1n) is 7.02. The van der Waals surface area contributed by atoms with Crippen molar-refractivity contribution in [2.24, 2.45) is 0 Å². The lowest BCUT2D eigenvalue weighted by Crippen LogP contribution is -2.42. The molecule has 3 nitrogen and oxygen atoms in total. The molecule has 1 unspecified atom stereocenters. The molecule has 20 heavy (non-hydrogen) atoms. The van der Waals surface area contributed by atoms with Gasteiger partial charge in [-0.25, -0.2) is 8.78 Å². The summed E-state index contributed by atoms with van der Waals surface area (Å²) in [5, 5.41) is 3.21. The number of halogens is 2. The van der Waals surface area contributed by atoms with Gasteiger partial charge in [-0.05, 0) is 37.9 Å². The molecule has 1 fully saturated rings. The molecular formula is C15H20F2N2O. The minimum atomic E-state index is -0.787. The van der Waals surface area contributed by atoms with E-state index >= 15 is 0 Å². The van der Waals surface area contributed by atoms with Crippen molar-refractivity contribution < 1.29 is 13.6 Å². The molecule has 1 heterocycles. The standard InChI is InChI=1S/C15H20F2N2O/c1-3-6-19(11-4-5-18-9-11)15(20)12-7-10(2)13(16)8-14(12)17/h7-8,11,18H,3-6,9H2,1-2H3. The van der Waals surface area contributed by atoms with Gasteiger partial charge in [-0.3, -0.25) is 4.79 Å². The van der Waals surface area contributed by atoms with Crippen molar-refractivity contribution in [3.05, 3.63) is 34.9 Å². The van der Waals surface area contributed by atoms with E-state index in [0.717, 1.165) is 32.0 Å². The number of carbonyl (C=O) groups excluding carboxylic acids is 1. The van der Waals surface area contributed by atoms with Crippen molar-refractivity contribution in [2.45, 2.75) is 32.7 Å². The van der Waals surface area contributed by atoms with Gasteiger partial charge in [-0.15, -0.1) is 0 Å². The van der Waals surface area contributed by atoms with Gasteiger partial charge >= 0.3 is 0 Å². The molecule has 5 heteroatoms. The highest BCUT2D eigenvalue weighted by molar-refractivity contribution is 5.95. The van der Waals surface area contributed by atoms with Crippen LogP contribution in [0.3, 0.4) is 0 Å². The van der Waals surface area contributed by atoms with Gasteiger partial charge in [-0.1, -0.05) is 6.92 Å². The SMILES string of the molecule is CCCN(C(=O)c1cc(C)c(F)cc1F)C1CCNC1. The van der Waals surface area contributed by atoms with Crippen molar-refractivity contribution in [1.29, 1.82) is 0 Å². The second-order valence-electron chi connectivity index (χ2n) is 5.23. The predicted molar refractivity (Wildman–Crippen MR) is 73.7 cm³/mol. The highest BCUT2D eigenvalue weighted by atomic mass is 19.1. The molecule has 1 amide bonds. The van der Waals surface area contributed by atoms with E-state index in [1.165, 1.54) is 13.0 Å². The zero-order chi connectivity index (χ0) is 14.7. The van der Waals surface area contributed by atoms with Crippen molar-refractivity contribution in [2.75, 3.05) is 19.6 Å². The molecule has 0 aromatic heterocycles. The molecule has 1 aromatic carbocycles. The smallest absolute Gasteiger partial charge is 0.257 e. The van der Waals surface area contributed by atoms with Crippen molar-refractivity contribution in [1.82, 2.24) is 10.2 Å². The van der Waals surface area contributed by atoms with Gasteiger partial charge in [0.25, 0.3) is 5.91 Å². The van der Waals surface area contributed by atoms with E-state index in [1.54, 1.807) is 4.90 Å². The molecule has 0 radical (unpaired) electrons. The Morgan fingerprint density at radius 1 is 1.40 bits per heavy atom. The van der Waals surface area contributed by atoms with E-state index in [0.29, 0.717) is 6.54 Å². The molecule has 1 aromatic rings. The molecule has 1 N–H and O–H groups in total. The first-order valence-corrected chi connectivity index (χ1v) is 7.02. The van der Waals surface area contributed by atoms with Gasteiger partial charge in [0.05, 0.1) is 5.56 Å². The summed E-state index contributed by atoms with van der Waals surface area (Å²) in [5.41, 5.74) is 0.250. The monoisotopic (exact) mass is 282 g/mol. The average molecular weight is 282 g/mol. The third-order valence-electron chi connectivity index (χ3n) is 3.68. The Balaban J connectivity index is 2.29. The number of benzene rings is 1. The van der Waals surface area contributed by atoms with Crippen LogP contribution in [0.2, 0.25) is 0 Å². The number of rotatable bonds is 4. The van der Waals surface area contributed by atoms with Crippen LogP contribution >= 0.6 is 0 Å². The topological polar surface area (TPSA) is 32.3 Å². The predicted octanol–water partition coefficient (Wildman–Crippen LogP) is 2.49. The van der Waals surface area contributed by atoms with Crippen LogP contribution in [0, 0.1) is 18.6 Å². The summed E-state index contributed by atoms with van der Waals surface area (Å²) >= 11 is 0. The van der Waals surface area contributed by atoms with E-state index in [4.69, 9.17) is 0 Å². The maximum absolute atomic E-state index is 13.9. The molecule has 1 atom stereocenters. The third-order valence-corrected chi connectivity index (χ3v) is 3.68. The largest absolute Gasteiger partial charge is 0.334 e.